The molecule has 2 aromatic carbocycles. The second kappa shape index (κ2) is 7.06. The zero-order valence-electron chi connectivity index (χ0n) is 15.5. The Bertz CT molecular complexity index is 1060. The fraction of sp³-hybridized carbons (Fsp3) is 0.318. The molecule has 0 unspecified atom stereocenters. The molecule has 1 aliphatic heterocycles. The Hall–Kier alpha value is -2.82. The van der Waals surface area contributed by atoms with Gasteiger partial charge in [-0.05, 0) is 43.5 Å². The first-order valence-electron chi connectivity index (χ1n) is 9.30. The lowest BCUT2D eigenvalue weighted by Crippen LogP contribution is -2.32. The molecule has 4 rings (SSSR count). The van der Waals surface area contributed by atoms with Crippen molar-refractivity contribution in [3.63, 3.8) is 0 Å². The predicted molar refractivity (Wildman–Crippen MR) is 104 cm³/mol. The van der Waals surface area contributed by atoms with Crippen LogP contribution in [0, 0.1) is 12.7 Å². The number of hydrogen-bond acceptors (Lipinski definition) is 4. The van der Waals surface area contributed by atoms with Crippen LogP contribution in [0.3, 0.4) is 0 Å². The van der Waals surface area contributed by atoms with E-state index >= 15 is 0 Å². The summed E-state index contributed by atoms with van der Waals surface area (Å²) in [6.45, 7) is 4.83. The molecule has 0 aliphatic carbocycles. The summed E-state index contributed by atoms with van der Waals surface area (Å²) in [7, 11) is 0. The van der Waals surface area contributed by atoms with Crippen molar-refractivity contribution in [3.05, 3.63) is 69.3 Å². The molecule has 3 aromatic rings. The van der Waals surface area contributed by atoms with Crippen LogP contribution in [0.4, 0.5) is 10.1 Å². The van der Waals surface area contributed by atoms with Crippen molar-refractivity contribution in [3.8, 4) is 5.75 Å². The summed E-state index contributed by atoms with van der Waals surface area (Å²) in [5, 5.41) is 0.943. The SMILES string of the molecule is CCCCc1cc(=O)oc2c(C)c3c(cc12)CN(c1ccccc1F)CO3. The number of halogens is 1. The number of unbranched alkanes of at least 4 members (excludes halogenated alkanes) is 1. The quantitative estimate of drug-likeness (QED) is 0.613. The third-order valence-electron chi connectivity index (χ3n) is 5.10. The molecule has 0 spiro atoms. The van der Waals surface area contributed by atoms with Gasteiger partial charge in [-0.15, -0.1) is 0 Å². The Kier molecular flexibility index (Phi) is 4.60. The first-order valence-corrected chi connectivity index (χ1v) is 9.30. The Morgan fingerprint density at radius 1 is 1.22 bits per heavy atom. The molecule has 1 aliphatic rings. The number of hydrogen-bond donors (Lipinski definition) is 0. The third-order valence-corrected chi connectivity index (χ3v) is 5.10. The minimum atomic E-state index is -0.333. The highest BCUT2D eigenvalue weighted by molar-refractivity contribution is 5.86. The van der Waals surface area contributed by atoms with E-state index in [0.717, 1.165) is 47.1 Å². The van der Waals surface area contributed by atoms with Gasteiger partial charge in [0.15, 0.2) is 6.73 Å². The van der Waals surface area contributed by atoms with Gasteiger partial charge in [0.1, 0.15) is 17.1 Å². The van der Waals surface area contributed by atoms with Crippen molar-refractivity contribution in [2.24, 2.45) is 0 Å². The monoisotopic (exact) mass is 367 g/mol. The van der Waals surface area contributed by atoms with Gasteiger partial charge in [-0.1, -0.05) is 25.5 Å². The predicted octanol–water partition coefficient (Wildman–Crippen LogP) is 4.94. The van der Waals surface area contributed by atoms with E-state index in [1.807, 2.05) is 24.0 Å². The van der Waals surface area contributed by atoms with Crippen LogP contribution in [0.15, 0.2) is 45.6 Å². The highest BCUT2D eigenvalue weighted by Crippen LogP contribution is 2.37. The van der Waals surface area contributed by atoms with Crippen molar-refractivity contribution in [2.75, 3.05) is 11.6 Å². The first-order chi connectivity index (χ1) is 13.1. The lowest BCUT2D eigenvalue weighted by Gasteiger charge is -2.32. The fourth-order valence-corrected chi connectivity index (χ4v) is 3.72. The van der Waals surface area contributed by atoms with Crippen LogP contribution in [0.25, 0.3) is 11.0 Å². The average Bonchev–Trinajstić information content (AvgIpc) is 2.67. The van der Waals surface area contributed by atoms with E-state index in [-0.39, 0.29) is 18.2 Å². The van der Waals surface area contributed by atoms with Crippen molar-refractivity contribution >= 4 is 16.7 Å². The van der Waals surface area contributed by atoms with Gasteiger partial charge >= 0.3 is 5.63 Å². The van der Waals surface area contributed by atoms with E-state index in [4.69, 9.17) is 9.15 Å². The van der Waals surface area contributed by atoms with E-state index in [2.05, 4.69) is 6.92 Å². The maximum absolute atomic E-state index is 14.2. The Morgan fingerprint density at radius 3 is 2.81 bits per heavy atom. The zero-order chi connectivity index (χ0) is 19.0. The van der Waals surface area contributed by atoms with Crippen molar-refractivity contribution in [2.45, 2.75) is 39.7 Å². The summed E-state index contributed by atoms with van der Waals surface area (Å²) in [5.74, 6) is 0.461. The highest BCUT2D eigenvalue weighted by atomic mass is 19.1. The number of nitrogens with zero attached hydrogens (tertiary/aromatic N) is 1. The molecular weight excluding hydrogens is 345 g/mol. The van der Waals surface area contributed by atoms with E-state index in [9.17, 15) is 9.18 Å². The molecule has 4 nitrogen and oxygen atoms in total. The van der Waals surface area contributed by atoms with Gasteiger partial charge in [-0.2, -0.15) is 0 Å². The number of ether oxygens (including phenoxy) is 1. The Labute approximate surface area is 157 Å². The summed E-state index contributed by atoms with van der Waals surface area (Å²) >= 11 is 0. The van der Waals surface area contributed by atoms with Gasteiger partial charge in [-0.3, -0.25) is 0 Å². The van der Waals surface area contributed by atoms with Crippen molar-refractivity contribution in [1.82, 2.24) is 0 Å². The van der Waals surface area contributed by atoms with Gasteiger partial charge in [0.25, 0.3) is 0 Å². The topological polar surface area (TPSA) is 42.7 Å². The van der Waals surface area contributed by atoms with E-state index in [0.29, 0.717) is 17.8 Å². The Balaban J connectivity index is 1.81. The van der Waals surface area contributed by atoms with Crippen LogP contribution in [0.2, 0.25) is 0 Å². The molecule has 0 saturated heterocycles. The molecular formula is C22H22FNO3. The van der Waals surface area contributed by atoms with Crippen LogP contribution in [0.5, 0.6) is 5.75 Å². The summed E-state index contributed by atoms with van der Waals surface area (Å²) < 4.78 is 25.6. The van der Waals surface area contributed by atoms with Crippen molar-refractivity contribution < 1.29 is 13.5 Å². The standard InChI is InChI=1S/C22H22FNO3/c1-3-4-7-15-11-20(25)27-22-14(2)21-16(10-17(15)22)12-24(13-26-21)19-9-6-5-8-18(19)23/h5-6,8-11H,3-4,7,12-13H2,1-2H3. The second-order valence-electron chi connectivity index (χ2n) is 6.98. The Morgan fingerprint density at radius 2 is 2.04 bits per heavy atom. The maximum Gasteiger partial charge on any atom is 0.336 e. The molecule has 0 bridgehead atoms. The fourth-order valence-electron chi connectivity index (χ4n) is 3.72. The molecule has 1 aromatic heterocycles. The minimum absolute atomic E-state index is 0.250. The summed E-state index contributed by atoms with van der Waals surface area (Å²) in [5.41, 5.74) is 3.57. The molecule has 2 heterocycles. The average molecular weight is 367 g/mol. The molecule has 5 heteroatoms. The maximum atomic E-state index is 14.2. The summed E-state index contributed by atoms with van der Waals surface area (Å²) in [6.07, 6.45) is 2.89. The number of rotatable bonds is 4. The normalized spacial score (nSPS) is 13.5. The molecule has 0 amide bonds. The number of para-hydroxylation sites is 1. The van der Waals surface area contributed by atoms with Gasteiger partial charge in [0.05, 0.1) is 5.69 Å². The van der Waals surface area contributed by atoms with Gasteiger partial charge in [0, 0.05) is 29.1 Å². The number of anilines is 1. The number of aryl methyl sites for hydroxylation is 2. The molecule has 0 radical (unpaired) electrons. The molecule has 0 atom stereocenters. The minimum Gasteiger partial charge on any atom is -0.472 e. The molecule has 0 fully saturated rings. The van der Waals surface area contributed by atoms with Crippen LogP contribution < -0.4 is 15.3 Å². The highest BCUT2D eigenvalue weighted by Gasteiger charge is 2.24. The lowest BCUT2D eigenvalue weighted by atomic mass is 9.98. The van der Waals surface area contributed by atoms with E-state index in [1.165, 1.54) is 6.07 Å². The van der Waals surface area contributed by atoms with Crippen LogP contribution >= 0.6 is 0 Å². The van der Waals surface area contributed by atoms with E-state index in [1.54, 1.807) is 18.2 Å². The smallest absolute Gasteiger partial charge is 0.336 e. The lowest BCUT2D eigenvalue weighted by molar-refractivity contribution is 0.286. The first kappa shape index (κ1) is 17.6. The van der Waals surface area contributed by atoms with Gasteiger partial charge in [-0.25, -0.2) is 9.18 Å². The molecule has 0 N–H and O–H groups in total. The van der Waals surface area contributed by atoms with Crippen molar-refractivity contribution in [1.29, 1.82) is 0 Å². The summed E-state index contributed by atoms with van der Waals surface area (Å²) in [6, 6.07) is 10.3. The van der Waals surface area contributed by atoms with Gasteiger partial charge in [0.2, 0.25) is 0 Å². The molecule has 27 heavy (non-hydrogen) atoms. The largest absolute Gasteiger partial charge is 0.472 e. The van der Waals surface area contributed by atoms with Crippen LogP contribution in [0.1, 0.15) is 36.5 Å². The molecule has 140 valence electrons. The number of benzene rings is 2. The third kappa shape index (κ3) is 3.18. The van der Waals surface area contributed by atoms with Crippen LogP contribution in [-0.4, -0.2) is 6.73 Å². The number of fused-ring (bicyclic) bond motifs is 2. The summed E-state index contributed by atoms with van der Waals surface area (Å²) in [4.78, 5) is 13.9. The van der Waals surface area contributed by atoms with Gasteiger partial charge < -0.3 is 14.1 Å². The zero-order valence-corrected chi connectivity index (χ0v) is 15.5. The molecule has 0 saturated carbocycles. The van der Waals surface area contributed by atoms with Crippen LogP contribution in [-0.2, 0) is 13.0 Å². The van der Waals surface area contributed by atoms with E-state index < -0.39 is 0 Å². The second-order valence-corrected chi connectivity index (χ2v) is 6.98.